The molecule has 4 rings (SSSR count). The smallest absolute Gasteiger partial charge is 0.418 e. The van der Waals surface area contributed by atoms with E-state index in [9.17, 15) is 31.5 Å². The predicted octanol–water partition coefficient (Wildman–Crippen LogP) is 4.07. The molecule has 1 aliphatic rings. The molecule has 0 radical (unpaired) electrons. The average molecular weight is 516 g/mol. The molecule has 0 spiro atoms. The largest absolute Gasteiger partial charge is 0.478 e. The lowest BCUT2D eigenvalue weighted by Crippen LogP contribution is -2.43. The number of alkyl halides is 3. The number of rotatable bonds is 5. The molecule has 0 bridgehead atoms. The lowest BCUT2D eigenvalue weighted by Gasteiger charge is -2.25. The van der Waals surface area contributed by atoms with Gasteiger partial charge in [-0.05, 0) is 30.3 Å². The van der Waals surface area contributed by atoms with Gasteiger partial charge in [-0.25, -0.2) is 13.2 Å². The highest BCUT2D eigenvalue weighted by Gasteiger charge is 2.37. The van der Waals surface area contributed by atoms with Gasteiger partial charge in [-0.1, -0.05) is 17.7 Å². The Morgan fingerprint density at radius 2 is 2.00 bits per heavy atom. The Hall–Kier alpha value is -2.93. The predicted molar refractivity (Wildman–Crippen MR) is 118 cm³/mol. The van der Waals surface area contributed by atoms with E-state index in [0.29, 0.717) is 12.6 Å². The average Bonchev–Trinajstić information content (AvgIpc) is 2.79. The minimum atomic E-state index is -4.93. The molecule has 0 amide bonds. The number of fused-ring (bicyclic) bond motifs is 1. The quantitative estimate of drug-likeness (QED) is 0.465. The van der Waals surface area contributed by atoms with Gasteiger partial charge in [0.25, 0.3) is 0 Å². The van der Waals surface area contributed by atoms with Gasteiger partial charge in [0.15, 0.2) is 5.44 Å². The van der Waals surface area contributed by atoms with Crippen LogP contribution in [0.5, 0.6) is 0 Å². The summed E-state index contributed by atoms with van der Waals surface area (Å²) in [6.07, 6.45) is -3.92. The molecule has 1 fully saturated rings. The fraction of sp³-hybridized carbons (Fsp3) is 0.238. The summed E-state index contributed by atoms with van der Waals surface area (Å²) in [5.74, 6) is -1.63. The molecule has 3 N–H and O–H groups in total. The molecule has 180 valence electrons. The number of morpholine rings is 1. The van der Waals surface area contributed by atoms with Crippen molar-refractivity contribution in [2.75, 3.05) is 25.0 Å². The topological polar surface area (TPSA) is 118 Å². The van der Waals surface area contributed by atoms with Gasteiger partial charge in [-0.2, -0.15) is 13.2 Å². The van der Waals surface area contributed by atoms with Crippen LogP contribution in [-0.2, 0) is 20.8 Å². The van der Waals surface area contributed by atoms with Crippen LogP contribution in [0.4, 0.5) is 24.5 Å². The molecule has 8 nitrogen and oxygen atoms in total. The van der Waals surface area contributed by atoms with Gasteiger partial charge in [0.05, 0.1) is 34.6 Å². The van der Waals surface area contributed by atoms with Gasteiger partial charge >= 0.3 is 12.1 Å². The highest BCUT2D eigenvalue weighted by Crippen LogP contribution is 2.41. The molecule has 0 saturated carbocycles. The van der Waals surface area contributed by atoms with E-state index in [4.69, 9.17) is 16.3 Å². The Morgan fingerprint density at radius 3 is 2.65 bits per heavy atom. The molecule has 13 heteroatoms. The van der Waals surface area contributed by atoms with E-state index >= 15 is 0 Å². The van der Waals surface area contributed by atoms with Crippen LogP contribution in [0.15, 0.2) is 47.5 Å². The molecule has 2 aromatic carbocycles. The molecule has 2 heterocycles. The summed E-state index contributed by atoms with van der Waals surface area (Å²) < 4.78 is 73.5. The summed E-state index contributed by atoms with van der Waals surface area (Å²) in [5, 5.41) is 15.1. The van der Waals surface area contributed by atoms with Crippen molar-refractivity contribution in [3.8, 4) is 0 Å². The minimum Gasteiger partial charge on any atom is -0.478 e. The maximum atomic E-state index is 13.8. The number of sulfone groups is 1. The third-order valence-electron chi connectivity index (χ3n) is 5.19. The second-order valence-electron chi connectivity index (χ2n) is 7.36. The highest BCUT2D eigenvalue weighted by atomic mass is 35.5. The number of hydrogen-bond acceptors (Lipinski definition) is 7. The van der Waals surface area contributed by atoms with Gasteiger partial charge in [-0.3, -0.25) is 4.98 Å². The lowest BCUT2D eigenvalue weighted by molar-refractivity contribution is -0.136. The van der Waals surface area contributed by atoms with E-state index in [1.807, 2.05) is 0 Å². The summed E-state index contributed by atoms with van der Waals surface area (Å²) in [4.78, 5) is 15.4. The van der Waals surface area contributed by atoms with Crippen LogP contribution in [0, 0.1) is 0 Å². The van der Waals surface area contributed by atoms with E-state index in [2.05, 4.69) is 15.6 Å². The first kappa shape index (κ1) is 24.2. The number of anilines is 2. The van der Waals surface area contributed by atoms with Crippen molar-refractivity contribution < 1.29 is 36.2 Å². The van der Waals surface area contributed by atoms with Crippen LogP contribution in [0.1, 0.15) is 15.9 Å². The van der Waals surface area contributed by atoms with Gasteiger partial charge in [0.1, 0.15) is 4.90 Å². The number of aromatic nitrogens is 1. The van der Waals surface area contributed by atoms with E-state index in [1.165, 1.54) is 18.2 Å². The molecular weight excluding hydrogens is 499 g/mol. The Kier molecular flexibility index (Phi) is 6.42. The van der Waals surface area contributed by atoms with Crippen molar-refractivity contribution in [1.82, 2.24) is 10.3 Å². The van der Waals surface area contributed by atoms with Crippen LogP contribution in [0.3, 0.4) is 0 Å². The SMILES string of the molecule is O=C(O)c1cccc(C(F)(F)F)c1Nc1c(S(=O)(=O)C2CNCCO2)cnc2ccc(Cl)cc12. The zero-order valence-corrected chi connectivity index (χ0v) is 18.8. The third kappa shape index (κ3) is 4.53. The fourth-order valence-electron chi connectivity index (χ4n) is 3.60. The normalized spacial score (nSPS) is 17.0. The number of carboxylic acids is 1. The molecule has 1 aliphatic heterocycles. The molecule has 1 unspecified atom stereocenters. The van der Waals surface area contributed by atoms with Gasteiger partial charge < -0.3 is 20.5 Å². The summed E-state index contributed by atoms with van der Waals surface area (Å²) in [7, 11) is -4.28. The summed E-state index contributed by atoms with van der Waals surface area (Å²) in [6.45, 7) is 0.498. The maximum absolute atomic E-state index is 13.8. The number of para-hydroxylation sites is 1. The lowest BCUT2D eigenvalue weighted by atomic mass is 10.1. The van der Waals surface area contributed by atoms with Crippen LogP contribution in [-0.4, -0.2) is 49.6 Å². The number of aromatic carboxylic acids is 1. The van der Waals surface area contributed by atoms with Crippen molar-refractivity contribution in [3.05, 3.63) is 58.7 Å². The summed E-state index contributed by atoms with van der Waals surface area (Å²) >= 11 is 6.08. The van der Waals surface area contributed by atoms with Crippen LogP contribution < -0.4 is 10.6 Å². The highest BCUT2D eigenvalue weighted by molar-refractivity contribution is 7.92. The number of hydrogen-bond donors (Lipinski definition) is 3. The number of benzene rings is 2. The molecule has 0 aliphatic carbocycles. The second kappa shape index (κ2) is 9.02. The standard InChI is InChI=1S/C21H17ClF3N3O5S/c22-11-4-5-15-13(8-11)19(16(9-27-15)34(31,32)17-10-26-6-7-33-17)28-18-12(20(29)30)2-1-3-14(18)21(23,24)25/h1-5,8-9,17,26H,6-7,10H2,(H,27,28)(H,29,30). The zero-order valence-electron chi connectivity index (χ0n) is 17.2. The van der Waals surface area contributed by atoms with Crippen molar-refractivity contribution in [1.29, 1.82) is 0 Å². The first-order valence-electron chi connectivity index (χ1n) is 9.85. The summed E-state index contributed by atoms with van der Waals surface area (Å²) in [6, 6.07) is 6.92. The van der Waals surface area contributed by atoms with Crippen molar-refractivity contribution in [3.63, 3.8) is 0 Å². The first-order valence-corrected chi connectivity index (χ1v) is 11.8. The molecule has 1 saturated heterocycles. The number of pyridine rings is 1. The number of nitrogens with one attached hydrogen (secondary N) is 2. The van der Waals surface area contributed by atoms with Crippen LogP contribution >= 0.6 is 11.6 Å². The molecule has 1 aromatic heterocycles. The molecule has 34 heavy (non-hydrogen) atoms. The summed E-state index contributed by atoms with van der Waals surface area (Å²) in [5.41, 5.74) is -4.17. The number of carbonyl (C=O) groups is 1. The second-order valence-corrected chi connectivity index (χ2v) is 9.86. The monoisotopic (exact) mass is 515 g/mol. The molecule has 1 atom stereocenters. The Labute approximate surface area is 196 Å². The number of carboxylic acid groups (broad SMARTS) is 1. The van der Waals surface area contributed by atoms with Gasteiger partial charge in [-0.15, -0.1) is 0 Å². The van der Waals surface area contributed by atoms with E-state index in [-0.39, 0.29) is 34.8 Å². The van der Waals surface area contributed by atoms with Crippen LogP contribution in [0.25, 0.3) is 10.9 Å². The Morgan fingerprint density at radius 1 is 1.24 bits per heavy atom. The van der Waals surface area contributed by atoms with E-state index in [0.717, 1.165) is 18.3 Å². The number of nitrogens with zero attached hydrogens (tertiary/aromatic N) is 1. The van der Waals surface area contributed by atoms with Crippen molar-refractivity contribution in [2.45, 2.75) is 16.5 Å². The fourth-order valence-corrected chi connectivity index (χ4v) is 5.31. The zero-order chi connectivity index (χ0) is 24.7. The maximum Gasteiger partial charge on any atom is 0.418 e. The van der Waals surface area contributed by atoms with E-state index in [1.54, 1.807) is 0 Å². The number of ether oxygens (including phenoxy) is 1. The molecular formula is C21H17ClF3N3O5S. The minimum absolute atomic E-state index is 0.0468. The molecule has 3 aromatic rings. The van der Waals surface area contributed by atoms with Crippen molar-refractivity contribution >= 4 is 49.7 Å². The van der Waals surface area contributed by atoms with E-state index < -0.39 is 49.1 Å². The Bertz CT molecular complexity index is 1380. The van der Waals surface area contributed by atoms with Gasteiger partial charge in [0, 0.05) is 29.7 Å². The van der Waals surface area contributed by atoms with Gasteiger partial charge in [0.2, 0.25) is 9.84 Å². The van der Waals surface area contributed by atoms with Crippen LogP contribution in [0.2, 0.25) is 5.02 Å². The number of halogens is 4. The Balaban J connectivity index is 2.00. The first-order chi connectivity index (χ1) is 16.0. The van der Waals surface area contributed by atoms with Crippen molar-refractivity contribution in [2.24, 2.45) is 0 Å². The third-order valence-corrected chi connectivity index (χ3v) is 7.34.